The van der Waals surface area contributed by atoms with Gasteiger partial charge in [0.15, 0.2) is 0 Å². The summed E-state index contributed by atoms with van der Waals surface area (Å²) in [6.07, 6.45) is 4.53. The minimum Gasteiger partial charge on any atom is -0.344 e. The second kappa shape index (κ2) is 5.54. The van der Waals surface area contributed by atoms with Gasteiger partial charge in [-0.15, -0.1) is 6.58 Å². The highest BCUT2D eigenvalue weighted by Gasteiger charge is 2.11. The first-order valence-corrected chi connectivity index (χ1v) is 4.34. The van der Waals surface area contributed by atoms with Crippen LogP contribution in [0.2, 0.25) is 0 Å². The molecule has 0 spiro atoms. The Bertz CT molecular complexity index is 362. The summed E-state index contributed by atoms with van der Waals surface area (Å²) in [5.41, 5.74) is 0.483. The second-order valence-electron chi connectivity index (χ2n) is 2.69. The van der Waals surface area contributed by atoms with Gasteiger partial charge in [-0.25, -0.2) is 0 Å². The Labute approximate surface area is 87.2 Å². The zero-order valence-corrected chi connectivity index (χ0v) is 8.06. The maximum absolute atomic E-state index is 11.2. The zero-order chi connectivity index (χ0) is 11.1. The zero-order valence-electron chi connectivity index (χ0n) is 8.06. The van der Waals surface area contributed by atoms with Crippen molar-refractivity contribution in [3.8, 4) is 0 Å². The number of carbonyl (C=O) groups is 2. The number of nitrogens with zero attached hydrogens (tertiary/aromatic N) is 1. The molecular formula is C10H11N3O2. The molecule has 0 atom stereocenters. The minimum atomic E-state index is -0.718. The van der Waals surface area contributed by atoms with E-state index in [0.717, 1.165) is 0 Å². The molecule has 1 heterocycles. The van der Waals surface area contributed by atoms with E-state index in [4.69, 9.17) is 0 Å². The smallest absolute Gasteiger partial charge is 0.313 e. The first-order valence-electron chi connectivity index (χ1n) is 4.34. The molecule has 5 nitrogen and oxygen atoms in total. The topological polar surface area (TPSA) is 71.1 Å². The Hall–Kier alpha value is -2.17. The minimum absolute atomic E-state index is 0.263. The predicted octanol–water partition coefficient (Wildman–Crippen LogP) is 0.322. The summed E-state index contributed by atoms with van der Waals surface area (Å²) in [5.74, 6) is -1.41. The molecule has 1 aromatic heterocycles. The van der Waals surface area contributed by atoms with Gasteiger partial charge in [-0.3, -0.25) is 14.6 Å². The van der Waals surface area contributed by atoms with Gasteiger partial charge in [-0.05, 0) is 12.1 Å². The maximum atomic E-state index is 11.2. The van der Waals surface area contributed by atoms with E-state index in [9.17, 15) is 9.59 Å². The molecule has 0 saturated carbocycles. The summed E-state index contributed by atoms with van der Waals surface area (Å²) in [4.78, 5) is 26.1. The number of rotatable bonds is 3. The van der Waals surface area contributed by atoms with Gasteiger partial charge >= 0.3 is 11.8 Å². The second-order valence-corrected chi connectivity index (χ2v) is 2.69. The monoisotopic (exact) mass is 205 g/mol. The molecule has 0 aliphatic rings. The normalized spacial score (nSPS) is 9.07. The van der Waals surface area contributed by atoms with Crippen LogP contribution < -0.4 is 10.6 Å². The van der Waals surface area contributed by atoms with Crippen molar-refractivity contribution in [2.24, 2.45) is 0 Å². The lowest BCUT2D eigenvalue weighted by molar-refractivity contribution is -0.136. The third-order valence-corrected chi connectivity index (χ3v) is 1.53. The number of nitrogens with one attached hydrogen (secondary N) is 2. The van der Waals surface area contributed by atoms with Crippen LogP contribution in [0.15, 0.2) is 37.2 Å². The Morgan fingerprint density at radius 2 is 2.27 bits per heavy atom. The number of anilines is 1. The Balaban J connectivity index is 2.49. The lowest BCUT2D eigenvalue weighted by atomic mass is 10.4. The third kappa shape index (κ3) is 3.60. The SMILES string of the molecule is C=CCNC(=O)C(=O)Nc1cccnc1. The number of aromatic nitrogens is 1. The van der Waals surface area contributed by atoms with Crippen LogP contribution >= 0.6 is 0 Å². The molecule has 15 heavy (non-hydrogen) atoms. The third-order valence-electron chi connectivity index (χ3n) is 1.53. The fourth-order valence-electron chi connectivity index (χ4n) is 0.870. The Kier molecular flexibility index (Phi) is 4.03. The molecule has 2 amide bonds. The molecule has 0 aliphatic heterocycles. The van der Waals surface area contributed by atoms with Gasteiger partial charge in [-0.2, -0.15) is 0 Å². The van der Waals surface area contributed by atoms with E-state index in [0.29, 0.717) is 5.69 Å². The number of amides is 2. The van der Waals surface area contributed by atoms with E-state index in [-0.39, 0.29) is 6.54 Å². The van der Waals surface area contributed by atoms with Crippen molar-refractivity contribution in [1.82, 2.24) is 10.3 Å². The summed E-state index contributed by atoms with van der Waals surface area (Å²) >= 11 is 0. The standard InChI is InChI=1S/C10H11N3O2/c1-2-5-12-9(14)10(15)13-8-4-3-6-11-7-8/h2-4,6-7H,1,5H2,(H,12,14)(H,13,15). The van der Waals surface area contributed by atoms with Crippen LogP contribution in [0, 0.1) is 0 Å². The molecule has 2 N–H and O–H groups in total. The van der Waals surface area contributed by atoms with Gasteiger partial charge in [0, 0.05) is 12.7 Å². The van der Waals surface area contributed by atoms with Crippen molar-refractivity contribution in [3.05, 3.63) is 37.2 Å². The predicted molar refractivity (Wildman–Crippen MR) is 56.1 cm³/mol. The van der Waals surface area contributed by atoms with Gasteiger partial charge in [0.2, 0.25) is 0 Å². The molecule has 0 bridgehead atoms. The summed E-state index contributed by atoms with van der Waals surface area (Å²) in [5, 5.41) is 4.77. The van der Waals surface area contributed by atoms with Gasteiger partial charge in [0.1, 0.15) is 0 Å². The Morgan fingerprint density at radius 3 is 2.87 bits per heavy atom. The quantitative estimate of drug-likeness (QED) is 0.551. The van der Waals surface area contributed by atoms with Crippen LogP contribution in [0.25, 0.3) is 0 Å². The number of pyridine rings is 1. The molecule has 78 valence electrons. The molecule has 0 aliphatic carbocycles. The number of carbonyl (C=O) groups excluding carboxylic acids is 2. The van der Waals surface area contributed by atoms with Crippen LogP contribution in [0.1, 0.15) is 0 Å². The summed E-state index contributed by atoms with van der Waals surface area (Å²) in [7, 11) is 0. The fourth-order valence-corrected chi connectivity index (χ4v) is 0.870. The van der Waals surface area contributed by atoms with E-state index in [1.165, 1.54) is 12.3 Å². The molecule has 5 heteroatoms. The lowest BCUT2D eigenvalue weighted by Gasteiger charge is -2.03. The van der Waals surface area contributed by atoms with E-state index in [2.05, 4.69) is 22.2 Å². The fraction of sp³-hybridized carbons (Fsp3) is 0.100. The highest BCUT2D eigenvalue weighted by atomic mass is 16.2. The van der Waals surface area contributed by atoms with Crippen LogP contribution in [-0.4, -0.2) is 23.3 Å². The van der Waals surface area contributed by atoms with E-state index < -0.39 is 11.8 Å². The largest absolute Gasteiger partial charge is 0.344 e. The van der Waals surface area contributed by atoms with Crippen molar-refractivity contribution in [2.45, 2.75) is 0 Å². The average Bonchev–Trinajstić information content (AvgIpc) is 2.27. The maximum Gasteiger partial charge on any atom is 0.313 e. The van der Waals surface area contributed by atoms with E-state index in [1.54, 1.807) is 18.3 Å². The Morgan fingerprint density at radius 1 is 1.47 bits per heavy atom. The summed E-state index contributed by atoms with van der Waals surface area (Å²) in [6, 6.07) is 3.31. The molecule has 0 aromatic carbocycles. The van der Waals surface area contributed by atoms with Crippen LogP contribution in [0.4, 0.5) is 5.69 Å². The van der Waals surface area contributed by atoms with Crippen LogP contribution in [0.3, 0.4) is 0 Å². The number of hydrogen-bond acceptors (Lipinski definition) is 3. The van der Waals surface area contributed by atoms with Crippen molar-refractivity contribution in [3.63, 3.8) is 0 Å². The first kappa shape index (κ1) is 10.9. The van der Waals surface area contributed by atoms with Crippen LogP contribution in [-0.2, 0) is 9.59 Å². The first-order chi connectivity index (χ1) is 7.24. The molecule has 0 radical (unpaired) electrons. The highest BCUT2D eigenvalue weighted by Crippen LogP contribution is 2.01. The van der Waals surface area contributed by atoms with E-state index in [1.807, 2.05) is 0 Å². The van der Waals surface area contributed by atoms with Crippen molar-refractivity contribution in [2.75, 3.05) is 11.9 Å². The molecule has 0 saturated heterocycles. The lowest BCUT2D eigenvalue weighted by Crippen LogP contribution is -2.35. The van der Waals surface area contributed by atoms with Gasteiger partial charge < -0.3 is 10.6 Å². The summed E-state index contributed by atoms with van der Waals surface area (Å²) in [6.45, 7) is 3.68. The van der Waals surface area contributed by atoms with Gasteiger partial charge in [0.05, 0.1) is 11.9 Å². The summed E-state index contributed by atoms with van der Waals surface area (Å²) < 4.78 is 0. The molecule has 1 aromatic rings. The van der Waals surface area contributed by atoms with Crippen molar-refractivity contribution in [1.29, 1.82) is 0 Å². The van der Waals surface area contributed by atoms with E-state index >= 15 is 0 Å². The van der Waals surface area contributed by atoms with Crippen molar-refractivity contribution >= 4 is 17.5 Å². The van der Waals surface area contributed by atoms with Gasteiger partial charge in [-0.1, -0.05) is 6.08 Å². The molecule has 1 rings (SSSR count). The average molecular weight is 205 g/mol. The molecule has 0 unspecified atom stereocenters. The van der Waals surface area contributed by atoms with Gasteiger partial charge in [0.25, 0.3) is 0 Å². The molecule has 0 fully saturated rings. The number of hydrogen-bond donors (Lipinski definition) is 2. The van der Waals surface area contributed by atoms with Crippen LogP contribution in [0.5, 0.6) is 0 Å². The van der Waals surface area contributed by atoms with Crippen molar-refractivity contribution < 1.29 is 9.59 Å². The highest BCUT2D eigenvalue weighted by molar-refractivity contribution is 6.39. The molecular weight excluding hydrogens is 194 g/mol.